The summed E-state index contributed by atoms with van der Waals surface area (Å²) in [4.78, 5) is 0. The van der Waals surface area contributed by atoms with Crippen LogP contribution >= 0.6 is 0 Å². The van der Waals surface area contributed by atoms with E-state index in [9.17, 15) is 5.11 Å². The molecule has 0 aliphatic rings. The molecule has 1 heterocycles. The Labute approximate surface area is 71.2 Å². The summed E-state index contributed by atoms with van der Waals surface area (Å²) in [7, 11) is 1.78. The molecule has 5 heteroatoms. The second-order valence-corrected chi connectivity index (χ2v) is 2.82. The van der Waals surface area contributed by atoms with E-state index in [2.05, 4.69) is 10.2 Å². The first-order chi connectivity index (χ1) is 5.66. The van der Waals surface area contributed by atoms with E-state index < -0.39 is 6.10 Å². The van der Waals surface area contributed by atoms with Crippen molar-refractivity contribution in [1.29, 1.82) is 0 Å². The summed E-state index contributed by atoms with van der Waals surface area (Å²) in [6.07, 6.45) is 1.54. The summed E-state index contributed by atoms with van der Waals surface area (Å²) in [5.74, 6) is 0.518. The number of hydrogen-bond donors (Lipinski definition) is 2. The Hall–Kier alpha value is -0.940. The van der Waals surface area contributed by atoms with Gasteiger partial charge >= 0.3 is 0 Å². The molecule has 0 saturated carbocycles. The van der Waals surface area contributed by atoms with Gasteiger partial charge in [-0.25, -0.2) is 0 Å². The van der Waals surface area contributed by atoms with Crippen molar-refractivity contribution in [3.8, 4) is 0 Å². The largest absolute Gasteiger partial charge is 0.383 e. The predicted octanol–water partition coefficient (Wildman–Crippen LogP) is -0.414. The van der Waals surface area contributed by atoms with Crippen molar-refractivity contribution in [2.75, 3.05) is 0 Å². The number of aliphatic hydroxyl groups excluding tert-OH is 1. The fourth-order valence-corrected chi connectivity index (χ4v) is 0.975. The molecule has 3 N–H and O–H groups in total. The molecule has 1 aromatic rings. The SMILES string of the molecule is CCC(N)C(O)c1nncn1C. The van der Waals surface area contributed by atoms with E-state index in [4.69, 9.17) is 5.73 Å². The van der Waals surface area contributed by atoms with Crippen LogP contribution in [0.1, 0.15) is 25.3 Å². The van der Waals surface area contributed by atoms with E-state index >= 15 is 0 Å². The Balaban J connectivity index is 2.77. The third kappa shape index (κ3) is 1.62. The van der Waals surface area contributed by atoms with Gasteiger partial charge in [0.2, 0.25) is 0 Å². The lowest BCUT2D eigenvalue weighted by molar-refractivity contribution is 0.131. The Morgan fingerprint density at radius 1 is 1.75 bits per heavy atom. The van der Waals surface area contributed by atoms with Crippen molar-refractivity contribution >= 4 is 0 Å². The average molecular weight is 170 g/mol. The number of hydrogen-bond acceptors (Lipinski definition) is 4. The summed E-state index contributed by atoms with van der Waals surface area (Å²) >= 11 is 0. The van der Waals surface area contributed by atoms with Crippen LogP contribution in [-0.2, 0) is 7.05 Å². The molecule has 0 fully saturated rings. The van der Waals surface area contributed by atoms with Gasteiger partial charge in [-0.15, -0.1) is 10.2 Å². The highest BCUT2D eigenvalue weighted by Gasteiger charge is 2.19. The van der Waals surface area contributed by atoms with Crippen LogP contribution in [0.15, 0.2) is 6.33 Å². The first kappa shape index (κ1) is 9.15. The first-order valence-corrected chi connectivity index (χ1v) is 3.94. The maximum absolute atomic E-state index is 9.61. The molecule has 2 unspecified atom stereocenters. The summed E-state index contributed by atoms with van der Waals surface area (Å²) in [5.41, 5.74) is 5.65. The number of aryl methyl sites for hydroxylation is 1. The van der Waals surface area contributed by atoms with Gasteiger partial charge in [0, 0.05) is 13.1 Å². The highest BCUT2D eigenvalue weighted by molar-refractivity contribution is 4.94. The molecule has 0 aliphatic heterocycles. The maximum Gasteiger partial charge on any atom is 0.163 e. The van der Waals surface area contributed by atoms with Gasteiger partial charge in [0.15, 0.2) is 5.82 Å². The smallest absolute Gasteiger partial charge is 0.163 e. The number of aromatic nitrogens is 3. The summed E-state index contributed by atoms with van der Waals surface area (Å²) in [6, 6.07) is -0.270. The van der Waals surface area contributed by atoms with Crippen LogP contribution in [0.3, 0.4) is 0 Å². The molecular weight excluding hydrogens is 156 g/mol. The van der Waals surface area contributed by atoms with Gasteiger partial charge in [-0.3, -0.25) is 0 Å². The normalized spacial score (nSPS) is 16.0. The van der Waals surface area contributed by atoms with Crippen LogP contribution in [0, 0.1) is 0 Å². The zero-order valence-electron chi connectivity index (χ0n) is 7.31. The van der Waals surface area contributed by atoms with Crippen molar-refractivity contribution in [3.63, 3.8) is 0 Å². The molecular formula is C7H14N4O. The summed E-state index contributed by atoms with van der Waals surface area (Å²) < 4.78 is 1.67. The topological polar surface area (TPSA) is 77.0 Å². The minimum absolute atomic E-state index is 0.270. The van der Waals surface area contributed by atoms with Gasteiger partial charge in [0.1, 0.15) is 12.4 Å². The molecule has 2 atom stereocenters. The van der Waals surface area contributed by atoms with Gasteiger partial charge in [0.25, 0.3) is 0 Å². The van der Waals surface area contributed by atoms with Crippen LogP contribution in [0.5, 0.6) is 0 Å². The number of nitrogens with zero attached hydrogens (tertiary/aromatic N) is 3. The molecule has 0 radical (unpaired) electrons. The zero-order chi connectivity index (χ0) is 9.14. The quantitative estimate of drug-likeness (QED) is 0.646. The third-order valence-corrected chi connectivity index (χ3v) is 1.89. The van der Waals surface area contributed by atoms with Crippen LogP contribution < -0.4 is 5.73 Å². The summed E-state index contributed by atoms with van der Waals surface area (Å²) in [6.45, 7) is 1.92. The maximum atomic E-state index is 9.61. The van der Waals surface area contributed by atoms with E-state index in [0.29, 0.717) is 12.2 Å². The lowest BCUT2D eigenvalue weighted by Gasteiger charge is -2.15. The lowest BCUT2D eigenvalue weighted by atomic mass is 10.1. The molecule has 0 bridgehead atoms. The highest BCUT2D eigenvalue weighted by Crippen LogP contribution is 2.13. The van der Waals surface area contributed by atoms with E-state index in [1.165, 1.54) is 0 Å². The molecule has 1 aromatic heterocycles. The molecule has 0 amide bonds. The van der Waals surface area contributed by atoms with E-state index in [-0.39, 0.29) is 6.04 Å². The second kappa shape index (κ2) is 3.64. The van der Waals surface area contributed by atoms with Gasteiger partial charge in [0.05, 0.1) is 0 Å². The van der Waals surface area contributed by atoms with Crippen molar-refractivity contribution in [2.45, 2.75) is 25.5 Å². The molecule has 5 nitrogen and oxygen atoms in total. The molecule has 1 rings (SSSR count). The first-order valence-electron chi connectivity index (χ1n) is 3.94. The zero-order valence-corrected chi connectivity index (χ0v) is 7.31. The van der Waals surface area contributed by atoms with Crippen molar-refractivity contribution in [3.05, 3.63) is 12.2 Å². The van der Waals surface area contributed by atoms with Crippen molar-refractivity contribution in [2.24, 2.45) is 12.8 Å². The fourth-order valence-electron chi connectivity index (χ4n) is 0.975. The van der Waals surface area contributed by atoms with Crippen molar-refractivity contribution in [1.82, 2.24) is 14.8 Å². The molecule has 0 spiro atoms. The lowest BCUT2D eigenvalue weighted by Crippen LogP contribution is -2.29. The van der Waals surface area contributed by atoms with E-state index in [1.54, 1.807) is 17.9 Å². The number of aliphatic hydroxyl groups is 1. The van der Waals surface area contributed by atoms with Crippen LogP contribution in [0.4, 0.5) is 0 Å². The van der Waals surface area contributed by atoms with Crippen molar-refractivity contribution < 1.29 is 5.11 Å². The van der Waals surface area contributed by atoms with Gasteiger partial charge < -0.3 is 15.4 Å². The van der Waals surface area contributed by atoms with E-state index in [1.807, 2.05) is 6.92 Å². The minimum Gasteiger partial charge on any atom is -0.383 e. The minimum atomic E-state index is -0.720. The number of rotatable bonds is 3. The monoisotopic (exact) mass is 170 g/mol. The summed E-state index contributed by atoms with van der Waals surface area (Å²) in [5, 5.41) is 17.0. The molecule has 68 valence electrons. The molecule has 12 heavy (non-hydrogen) atoms. The number of nitrogens with two attached hydrogens (primary N) is 1. The average Bonchev–Trinajstić information content (AvgIpc) is 2.48. The Morgan fingerprint density at radius 3 is 2.83 bits per heavy atom. The van der Waals surface area contributed by atoms with Gasteiger partial charge in [-0.05, 0) is 6.42 Å². The van der Waals surface area contributed by atoms with Gasteiger partial charge in [-0.1, -0.05) is 6.92 Å². The van der Waals surface area contributed by atoms with Crippen LogP contribution in [0.25, 0.3) is 0 Å². The Morgan fingerprint density at radius 2 is 2.42 bits per heavy atom. The van der Waals surface area contributed by atoms with Gasteiger partial charge in [-0.2, -0.15) is 0 Å². The van der Waals surface area contributed by atoms with Crippen LogP contribution in [-0.4, -0.2) is 25.9 Å². The highest BCUT2D eigenvalue weighted by atomic mass is 16.3. The second-order valence-electron chi connectivity index (χ2n) is 2.82. The standard InChI is InChI=1S/C7H14N4O/c1-3-5(8)6(12)7-10-9-4-11(7)2/h4-6,12H,3,8H2,1-2H3. The molecule has 0 saturated heterocycles. The Bertz CT molecular complexity index is 247. The van der Waals surface area contributed by atoms with Crippen LogP contribution in [0.2, 0.25) is 0 Å². The van der Waals surface area contributed by atoms with E-state index in [0.717, 1.165) is 0 Å². The molecule has 0 aromatic carbocycles. The Kier molecular flexibility index (Phi) is 2.78. The predicted molar refractivity (Wildman–Crippen MR) is 44.2 cm³/mol. The fraction of sp³-hybridized carbons (Fsp3) is 0.714. The molecule has 0 aliphatic carbocycles. The third-order valence-electron chi connectivity index (χ3n) is 1.89.